The minimum Gasteiger partial charge on any atom is -0.493 e. The highest BCUT2D eigenvalue weighted by atomic mass is 32.2. The number of benzene rings is 1. The summed E-state index contributed by atoms with van der Waals surface area (Å²) in [5.74, 6) is 0.835. The van der Waals surface area contributed by atoms with Gasteiger partial charge in [-0.3, -0.25) is 0 Å². The lowest BCUT2D eigenvalue weighted by Crippen LogP contribution is -2.25. The molecule has 0 bridgehead atoms. The first kappa shape index (κ1) is 15.0. The fraction of sp³-hybridized carbons (Fsp3) is 0.571. The minimum atomic E-state index is 0.203. The van der Waals surface area contributed by atoms with E-state index in [4.69, 9.17) is 10.5 Å². The van der Waals surface area contributed by atoms with Crippen LogP contribution in [-0.4, -0.2) is 24.2 Å². The molecule has 0 saturated heterocycles. The van der Waals surface area contributed by atoms with Crippen LogP contribution in [0.3, 0.4) is 0 Å². The summed E-state index contributed by atoms with van der Waals surface area (Å²) in [5, 5.41) is 3.41. The minimum absolute atomic E-state index is 0.203. The van der Waals surface area contributed by atoms with Crippen molar-refractivity contribution in [2.45, 2.75) is 31.9 Å². The van der Waals surface area contributed by atoms with Gasteiger partial charge >= 0.3 is 0 Å². The zero-order valence-electron chi connectivity index (χ0n) is 11.7. The van der Waals surface area contributed by atoms with E-state index in [1.54, 1.807) is 0 Å². The molecule has 0 fully saturated rings. The lowest BCUT2D eigenvalue weighted by molar-refractivity contribution is 0.318. The second kappa shape index (κ2) is 6.78. The van der Waals surface area contributed by atoms with E-state index in [0.29, 0.717) is 0 Å². The van der Waals surface area contributed by atoms with E-state index in [9.17, 15) is 0 Å². The van der Waals surface area contributed by atoms with Gasteiger partial charge in [-0.15, -0.1) is 0 Å². The van der Waals surface area contributed by atoms with Crippen LogP contribution in [0.25, 0.3) is 0 Å². The molecule has 0 radical (unpaired) electrons. The molecule has 3 nitrogen and oxygen atoms in total. The quantitative estimate of drug-likeness (QED) is 0.742. The number of hydrogen-bond acceptors (Lipinski definition) is 4. The van der Waals surface area contributed by atoms with Crippen LogP contribution in [0.15, 0.2) is 18.2 Å². The molecule has 0 atom stereocenters. The molecule has 0 aromatic heterocycles. The summed E-state index contributed by atoms with van der Waals surface area (Å²) >= 11 is 1.84. The summed E-state index contributed by atoms with van der Waals surface area (Å²) in [7, 11) is 0. The third-order valence-electron chi connectivity index (χ3n) is 2.67. The van der Waals surface area contributed by atoms with Gasteiger partial charge in [-0.1, -0.05) is 6.92 Å². The molecule has 0 saturated carbocycles. The third-order valence-corrected chi connectivity index (χ3v) is 3.92. The highest BCUT2D eigenvalue weighted by molar-refractivity contribution is 7.99. The monoisotopic (exact) mass is 268 g/mol. The lowest BCUT2D eigenvalue weighted by Gasteiger charge is -2.23. The van der Waals surface area contributed by atoms with Crippen molar-refractivity contribution in [3.05, 3.63) is 18.2 Å². The van der Waals surface area contributed by atoms with Gasteiger partial charge in [-0.2, -0.15) is 11.8 Å². The van der Waals surface area contributed by atoms with Crippen LogP contribution in [0.5, 0.6) is 5.75 Å². The Bertz CT molecular complexity index is 380. The largest absolute Gasteiger partial charge is 0.493 e. The van der Waals surface area contributed by atoms with Gasteiger partial charge in [0.2, 0.25) is 0 Å². The zero-order valence-corrected chi connectivity index (χ0v) is 12.6. The molecule has 18 heavy (non-hydrogen) atoms. The van der Waals surface area contributed by atoms with Crippen molar-refractivity contribution in [3.63, 3.8) is 0 Å². The Balaban J connectivity index is 2.68. The summed E-state index contributed by atoms with van der Waals surface area (Å²) in [6, 6.07) is 5.80. The van der Waals surface area contributed by atoms with Crippen LogP contribution in [0.4, 0.5) is 11.4 Å². The smallest absolute Gasteiger partial charge is 0.123 e. The Morgan fingerprint density at radius 2 is 2.06 bits per heavy atom. The maximum atomic E-state index is 5.88. The highest BCUT2D eigenvalue weighted by Crippen LogP contribution is 2.25. The Hall–Kier alpha value is -1.03. The zero-order chi connectivity index (χ0) is 13.6. The van der Waals surface area contributed by atoms with Crippen LogP contribution in [0, 0.1) is 0 Å². The Morgan fingerprint density at radius 3 is 2.67 bits per heavy atom. The molecule has 1 aromatic carbocycles. The molecule has 0 heterocycles. The van der Waals surface area contributed by atoms with Crippen molar-refractivity contribution in [1.29, 1.82) is 0 Å². The molecule has 102 valence electrons. The third kappa shape index (κ3) is 5.08. The van der Waals surface area contributed by atoms with Gasteiger partial charge in [0.25, 0.3) is 0 Å². The summed E-state index contributed by atoms with van der Waals surface area (Å²) in [6.45, 7) is 8.13. The predicted octanol–water partition coefficient (Wildman–Crippen LogP) is 3.61. The molecule has 4 heteroatoms. The second-order valence-corrected chi connectivity index (χ2v) is 6.47. The van der Waals surface area contributed by atoms with Crippen molar-refractivity contribution in [2.24, 2.45) is 0 Å². The van der Waals surface area contributed by atoms with E-state index >= 15 is 0 Å². The number of ether oxygens (including phenoxy) is 1. The van der Waals surface area contributed by atoms with Gasteiger partial charge in [-0.25, -0.2) is 0 Å². The fourth-order valence-corrected chi connectivity index (χ4v) is 1.63. The highest BCUT2D eigenvalue weighted by Gasteiger charge is 2.15. The van der Waals surface area contributed by atoms with Crippen molar-refractivity contribution in [1.82, 2.24) is 0 Å². The van der Waals surface area contributed by atoms with Crippen molar-refractivity contribution in [3.8, 4) is 5.75 Å². The topological polar surface area (TPSA) is 47.3 Å². The van der Waals surface area contributed by atoms with Crippen molar-refractivity contribution in [2.75, 3.05) is 30.5 Å². The standard InChI is InChI=1S/C14H24N2OS/c1-5-6-17-13-8-11(15)7-12(9-13)16-10-14(2,3)18-4/h7-9,16H,5-6,10,15H2,1-4H3. The van der Waals surface area contributed by atoms with E-state index in [1.165, 1.54) is 0 Å². The SMILES string of the molecule is CCCOc1cc(N)cc(NCC(C)(C)SC)c1. The molecule has 0 aliphatic heterocycles. The van der Waals surface area contributed by atoms with Crippen molar-refractivity contribution >= 4 is 23.1 Å². The molecule has 1 rings (SSSR count). The van der Waals surface area contributed by atoms with Gasteiger partial charge in [0.15, 0.2) is 0 Å². The molecule has 0 aliphatic carbocycles. The Labute approximate surface area is 114 Å². The van der Waals surface area contributed by atoms with Gasteiger partial charge in [-0.05, 0) is 32.6 Å². The van der Waals surface area contributed by atoms with Crippen LogP contribution in [-0.2, 0) is 0 Å². The molecule has 0 aliphatic rings. The van der Waals surface area contributed by atoms with Crippen LogP contribution in [0.2, 0.25) is 0 Å². The number of nitrogens with two attached hydrogens (primary N) is 1. The number of rotatable bonds is 7. The first-order valence-electron chi connectivity index (χ1n) is 6.29. The summed E-state index contributed by atoms with van der Waals surface area (Å²) in [6.07, 6.45) is 3.12. The van der Waals surface area contributed by atoms with Gasteiger partial charge < -0.3 is 15.8 Å². The van der Waals surface area contributed by atoms with E-state index < -0.39 is 0 Å². The fourth-order valence-electron chi connectivity index (χ4n) is 1.41. The average Bonchev–Trinajstić information content (AvgIpc) is 2.33. The summed E-state index contributed by atoms with van der Waals surface area (Å²) in [4.78, 5) is 0. The molecule has 0 spiro atoms. The molecule has 3 N–H and O–H groups in total. The number of anilines is 2. The van der Waals surface area contributed by atoms with E-state index in [1.807, 2.05) is 30.0 Å². The van der Waals surface area contributed by atoms with Crippen LogP contribution < -0.4 is 15.8 Å². The number of thioether (sulfide) groups is 1. The molecule has 0 amide bonds. The van der Waals surface area contributed by atoms with Crippen molar-refractivity contribution < 1.29 is 4.74 Å². The van der Waals surface area contributed by atoms with Crippen LogP contribution in [0.1, 0.15) is 27.2 Å². The number of nitrogen functional groups attached to an aromatic ring is 1. The molecular weight excluding hydrogens is 244 g/mol. The molecule has 0 unspecified atom stereocenters. The first-order chi connectivity index (χ1) is 8.46. The van der Waals surface area contributed by atoms with Gasteiger partial charge in [0.05, 0.1) is 6.61 Å². The maximum Gasteiger partial charge on any atom is 0.123 e. The Morgan fingerprint density at radius 1 is 1.33 bits per heavy atom. The predicted molar refractivity (Wildman–Crippen MR) is 82.7 cm³/mol. The van der Waals surface area contributed by atoms with Gasteiger partial charge in [0.1, 0.15) is 5.75 Å². The summed E-state index contributed by atoms with van der Waals surface area (Å²) < 4.78 is 5.81. The van der Waals surface area contributed by atoms with Crippen LogP contribution >= 0.6 is 11.8 Å². The lowest BCUT2D eigenvalue weighted by atomic mass is 10.2. The molecular formula is C14H24N2OS. The Kier molecular flexibility index (Phi) is 5.66. The molecule has 1 aromatic rings. The normalized spacial score (nSPS) is 11.3. The van der Waals surface area contributed by atoms with E-state index in [2.05, 4.69) is 32.3 Å². The van der Waals surface area contributed by atoms with E-state index in [-0.39, 0.29) is 4.75 Å². The van der Waals surface area contributed by atoms with E-state index in [0.717, 1.165) is 36.7 Å². The second-order valence-electron chi connectivity index (χ2n) is 4.96. The number of hydrogen-bond donors (Lipinski definition) is 2. The summed E-state index contributed by atoms with van der Waals surface area (Å²) in [5.41, 5.74) is 7.62. The first-order valence-corrected chi connectivity index (χ1v) is 7.51. The maximum absolute atomic E-state index is 5.88. The van der Waals surface area contributed by atoms with Gasteiger partial charge in [0, 0.05) is 34.8 Å². The number of nitrogens with one attached hydrogen (secondary N) is 1. The average molecular weight is 268 g/mol.